The van der Waals surface area contributed by atoms with E-state index in [0.717, 1.165) is 66.9 Å². The van der Waals surface area contributed by atoms with Gasteiger partial charge in [-0.2, -0.15) is 0 Å². The average molecular weight is 455 g/mol. The summed E-state index contributed by atoms with van der Waals surface area (Å²) in [5.41, 5.74) is 2.30. The molecule has 1 amide bonds. The first-order chi connectivity index (χ1) is 15.2. The molecule has 2 aliphatic rings. The third-order valence-electron chi connectivity index (χ3n) is 5.87. The van der Waals surface area contributed by atoms with Gasteiger partial charge in [0.25, 0.3) is 0 Å². The maximum absolute atomic E-state index is 13.4. The number of anilines is 1. The highest BCUT2D eigenvalue weighted by molar-refractivity contribution is 8.00. The molecular weight excluding hydrogens is 428 g/mol. The number of benzene rings is 1. The Balaban J connectivity index is 1.38. The fourth-order valence-electron chi connectivity index (χ4n) is 4.31. The van der Waals surface area contributed by atoms with Crippen LogP contribution in [0.3, 0.4) is 0 Å². The van der Waals surface area contributed by atoms with E-state index in [1.165, 1.54) is 17.3 Å². The number of carbonyl (C=O) groups is 1. The number of amides is 1. The Hall–Kier alpha value is -2.16. The van der Waals surface area contributed by atoms with Crippen LogP contribution < -0.4 is 4.90 Å². The number of nitrogens with zero attached hydrogens (tertiary/aromatic N) is 4. The van der Waals surface area contributed by atoms with Gasteiger partial charge in [0.05, 0.1) is 22.8 Å². The minimum atomic E-state index is -0.255. The highest BCUT2D eigenvalue weighted by Crippen LogP contribution is 2.33. The molecule has 1 fully saturated rings. The largest absolute Gasteiger partial charge is 0.376 e. The monoisotopic (exact) mass is 454 g/mol. The summed E-state index contributed by atoms with van der Waals surface area (Å²) in [4.78, 5) is 16.4. The SMILES string of the molecule is CC(Sc1nnc(-c2cccs2)n1CC1CCCO1)C(=O)N1CCCc2ccccc21. The number of carbonyl (C=O) groups excluding carboxylic acids is 1. The van der Waals surface area contributed by atoms with Crippen molar-refractivity contribution in [3.63, 3.8) is 0 Å². The topological polar surface area (TPSA) is 60.2 Å². The normalized spacial score (nSPS) is 19.4. The Labute approximate surface area is 190 Å². The summed E-state index contributed by atoms with van der Waals surface area (Å²) in [5, 5.41) is 11.5. The highest BCUT2D eigenvalue weighted by Gasteiger charge is 2.29. The van der Waals surface area contributed by atoms with E-state index >= 15 is 0 Å². The molecule has 2 unspecified atom stereocenters. The van der Waals surface area contributed by atoms with Gasteiger partial charge in [-0.1, -0.05) is 36.0 Å². The number of rotatable bonds is 6. The Kier molecular flexibility index (Phi) is 6.11. The van der Waals surface area contributed by atoms with Crippen LogP contribution in [0.5, 0.6) is 0 Å². The summed E-state index contributed by atoms with van der Waals surface area (Å²) >= 11 is 3.15. The van der Waals surface area contributed by atoms with Crippen LogP contribution in [-0.4, -0.2) is 45.2 Å². The predicted molar refractivity (Wildman–Crippen MR) is 125 cm³/mol. The lowest BCUT2D eigenvalue weighted by atomic mass is 10.0. The van der Waals surface area contributed by atoms with Gasteiger partial charge in [0.1, 0.15) is 0 Å². The van der Waals surface area contributed by atoms with Crippen LogP contribution in [0, 0.1) is 0 Å². The molecule has 0 aliphatic carbocycles. The number of aromatic nitrogens is 3. The minimum Gasteiger partial charge on any atom is -0.376 e. The van der Waals surface area contributed by atoms with Crippen LogP contribution in [0.25, 0.3) is 10.7 Å². The van der Waals surface area contributed by atoms with Gasteiger partial charge in [-0.3, -0.25) is 9.36 Å². The second-order valence-corrected chi connectivity index (χ2v) is 10.3. The molecule has 31 heavy (non-hydrogen) atoms. The van der Waals surface area contributed by atoms with Crippen LogP contribution in [0.1, 0.15) is 31.7 Å². The first kappa shape index (κ1) is 20.7. The molecule has 2 aliphatic heterocycles. The fraction of sp³-hybridized carbons (Fsp3) is 0.435. The van der Waals surface area contributed by atoms with Crippen molar-refractivity contribution >= 4 is 34.7 Å². The zero-order valence-electron chi connectivity index (χ0n) is 17.6. The van der Waals surface area contributed by atoms with E-state index in [2.05, 4.69) is 33.0 Å². The molecule has 0 saturated carbocycles. The lowest BCUT2D eigenvalue weighted by molar-refractivity contribution is -0.117. The summed E-state index contributed by atoms with van der Waals surface area (Å²) in [6.07, 6.45) is 4.34. The number of ether oxygens (including phenoxy) is 1. The number of hydrogen-bond donors (Lipinski definition) is 0. The lowest BCUT2D eigenvalue weighted by Crippen LogP contribution is -2.40. The third kappa shape index (κ3) is 4.29. The van der Waals surface area contributed by atoms with Gasteiger partial charge in [-0.25, -0.2) is 0 Å². The second kappa shape index (κ2) is 9.14. The molecule has 0 N–H and O–H groups in total. The molecule has 162 valence electrons. The molecule has 0 radical (unpaired) electrons. The van der Waals surface area contributed by atoms with Gasteiger partial charge < -0.3 is 9.64 Å². The summed E-state index contributed by atoms with van der Waals surface area (Å²) in [6.45, 7) is 4.27. The van der Waals surface area contributed by atoms with E-state index in [-0.39, 0.29) is 17.3 Å². The van der Waals surface area contributed by atoms with Crippen LogP contribution >= 0.6 is 23.1 Å². The molecule has 1 saturated heterocycles. The standard InChI is InChI=1S/C23H26N4O2S2/c1-16(22(28)26-12-4-8-17-7-2-3-10-19(17)26)31-23-25-24-21(20-11-6-14-30-20)27(23)15-18-9-5-13-29-18/h2-3,6-7,10-11,14,16,18H,4-5,8-9,12-13,15H2,1H3. The van der Waals surface area contributed by atoms with E-state index in [0.29, 0.717) is 0 Å². The Morgan fingerprint density at radius 1 is 1.26 bits per heavy atom. The summed E-state index contributed by atoms with van der Waals surface area (Å²) in [5.74, 6) is 0.984. The lowest BCUT2D eigenvalue weighted by Gasteiger charge is -2.31. The van der Waals surface area contributed by atoms with Crippen molar-refractivity contribution in [3.8, 4) is 10.7 Å². The number of para-hydroxylation sites is 1. The molecule has 1 aromatic carbocycles. The predicted octanol–water partition coefficient (Wildman–Crippen LogP) is 4.65. The van der Waals surface area contributed by atoms with Crippen molar-refractivity contribution in [1.82, 2.24) is 14.8 Å². The van der Waals surface area contributed by atoms with Gasteiger partial charge in [0.2, 0.25) is 5.91 Å². The highest BCUT2D eigenvalue weighted by atomic mass is 32.2. The van der Waals surface area contributed by atoms with Crippen LogP contribution in [0.15, 0.2) is 46.9 Å². The van der Waals surface area contributed by atoms with Crippen LogP contribution in [-0.2, 0) is 22.5 Å². The van der Waals surface area contributed by atoms with Crippen molar-refractivity contribution in [3.05, 3.63) is 47.3 Å². The van der Waals surface area contributed by atoms with E-state index < -0.39 is 0 Å². The molecular formula is C23H26N4O2S2. The molecule has 2 atom stereocenters. The third-order valence-corrected chi connectivity index (χ3v) is 7.81. The Morgan fingerprint density at radius 2 is 2.16 bits per heavy atom. The van der Waals surface area contributed by atoms with Gasteiger partial charge >= 0.3 is 0 Å². The zero-order chi connectivity index (χ0) is 21.2. The quantitative estimate of drug-likeness (QED) is 0.508. The van der Waals surface area contributed by atoms with E-state index in [4.69, 9.17) is 4.74 Å². The van der Waals surface area contributed by atoms with Crippen molar-refractivity contribution < 1.29 is 9.53 Å². The van der Waals surface area contributed by atoms with E-state index in [1.54, 1.807) is 11.3 Å². The number of thioether (sulfide) groups is 1. The van der Waals surface area contributed by atoms with Gasteiger partial charge in [-0.05, 0) is 55.7 Å². The molecule has 8 heteroatoms. The molecule has 0 bridgehead atoms. The van der Waals surface area contributed by atoms with Crippen molar-refractivity contribution in [2.24, 2.45) is 0 Å². The first-order valence-electron chi connectivity index (χ1n) is 10.9. The maximum atomic E-state index is 13.4. The second-order valence-electron chi connectivity index (χ2n) is 8.01. The summed E-state index contributed by atoms with van der Waals surface area (Å²) in [7, 11) is 0. The molecule has 6 nitrogen and oxygen atoms in total. The Bertz CT molecular complexity index is 1040. The van der Waals surface area contributed by atoms with E-state index in [1.807, 2.05) is 35.4 Å². The fourth-order valence-corrected chi connectivity index (χ4v) is 5.95. The Morgan fingerprint density at radius 3 is 2.97 bits per heavy atom. The number of aryl methyl sites for hydroxylation is 1. The molecule has 2 aromatic heterocycles. The van der Waals surface area contributed by atoms with Gasteiger partial charge in [0, 0.05) is 18.8 Å². The summed E-state index contributed by atoms with van der Waals surface area (Å²) in [6, 6.07) is 12.3. The molecule has 4 heterocycles. The van der Waals surface area contributed by atoms with Crippen molar-refractivity contribution in [2.45, 2.75) is 55.7 Å². The maximum Gasteiger partial charge on any atom is 0.240 e. The van der Waals surface area contributed by atoms with Crippen LogP contribution in [0.4, 0.5) is 5.69 Å². The van der Waals surface area contributed by atoms with Crippen molar-refractivity contribution in [1.29, 1.82) is 0 Å². The smallest absolute Gasteiger partial charge is 0.240 e. The average Bonchev–Trinajstić information content (AvgIpc) is 3.56. The van der Waals surface area contributed by atoms with E-state index in [9.17, 15) is 4.79 Å². The minimum absolute atomic E-state index is 0.126. The van der Waals surface area contributed by atoms with Crippen molar-refractivity contribution in [2.75, 3.05) is 18.1 Å². The molecule has 5 rings (SSSR count). The van der Waals surface area contributed by atoms with Crippen LogP contribution in [0.2, 0.25) is 0 Å². The summed E-state index contributed by atoms with van der Waals surface area (Å²) < 4.78 is 8.02. The number of fused-ring (bicyclic) bond motifs is 1. The number of hydrogen-bond acceptors (Lipinski definition) is 6. The first-order valence-corrected chi connectivity index (χ1v) is 12.6. The van der Waals surface area contributed by atoms with Gasteiger partial charge in [-0.15, -0.1) is 21.5 Å². The van der Waals surface area contributed by atoms with Gasteiger partial charge in [0.15, 0.2) is 11.0 Å². The molecule has 0 spiro atoms. The number of thiophene rings is 1. The zero-order valence-corrected chi connectivity index (χ0v) is 19.2. The molecule has 3 aromatic rings.